The van der Waals surface area contributed by atoms with Crippen LogP contribution < -0.4 is 4.90 Å². The van der Waals surface area contributed by atoms with Crippen LogP contribution in [0, 0.1) is 0 Å². The molecule has 0 bridgehead atoms. The fourth-order valence-corrected chi connectivity index (χ4v) is 3.30. The van der Waals surface area contributed by atoms with Crippen LogP contribution in [0.15, 0.2) is 6.33 Å². The van der Waals surface area contributed by atoms with Crippen molar-refractivity contribution >= 4 is 40.8 Å². The highest BCUT2D eigenvalue weighted by molar-refractivity contribution is 8.00. The van der Waals surface area contributed by atoms with Gasteiger partial charge in [0.1, 0.15) is 17.3 Å². The second-order valence-electron chi connectivity index (χ2n) is 3.73. The van der Waals surface area contributed by atoms with Crippen molar-refractivity contribution in [3.05, 3.63) is 17.0 Å². The lowest BCUT2D eigenvalue weighted by atomic mass is 10.3. The SMILES string of the molecule is CC1CN(c2ncnc(Cl)c2CCl)CCS1. The molecule has 16 heavy (non-hydrogen) atoms. The Balaban J connectivity index is 2.28. The number of rotatable bonds is 2. The minimum Gasteiger partial charge on any atom is -0.354 e. The number of alkyl halides is 1. The van der Waals surface area contributed by atoms with E-state index in [1.54, 1.807) is 0 Å². The number of anilines is 1. The van der Waals surface area contributed by atoms with Crippen molar-refractivity contribution < 1.29 is 0 Å². The van der Waals surface area contributed by atoms with Crippen LogP contribution in [-0.2, 0) is 5.88 Å². The summed E-state index contributed by atoms with van der Waals surface area (Å²) in [5.74, 6) is 2.36. The molecular weight excluding hydrogens is 265 g/mol. The molecule has 1 aliphatic heterocycles. The van der Waals surface area contributed by atoms with Crippen molar-refractivity contribution in [3.8, 4) is 0 Å². The Labute approximate surface area is 110 Å². The third-order valence-electron chi connectivity index (χ3n) is 2.54. The molecule has 1 aromatic heterocycles. The average molecular weight is 278 g/mol. The predicted molar refractivity (Wildman–Crippen MR) is 70.7 cm³/mol. The molecule has 0 amide bonds. The summed E-state index contributed by atoms with van der Waals surface area (Å²) in [4.78, 5) is 10.5. The maximum absolute atomic E-state index is 6.02. The first kappa shape index (κ1) is 12.3. The monoisotopic (exact) mass is 277 g/mol. The Kier molecular flexibility index (Phi) is 4.16. The van der Waals surface area contributed by atoms with Gasteiger partial charge in [0.05, 0.1) is 5.88 Å². The number of thioether (sulfide) groups is 1. The number of hydrogen-bond acceptors (Lipinski definition) is 4. The van der Waals surface area contributed by atoms with E-state index in [1.807, 2.05) is 11.8 Å². The lowest BCUT2D eigenvalue weighted by Gasteiger charge is -2.32. The third kappa shape index (κ3) is 2.55. The van der Waals surface area contributed by atoms with Crippen LogP contribution in [0.1, 0.15) is 12.5 Å². The normalized spacial score (nSPS) is 21.2. The molecule has 88 valence electrons. The van der Waals surface area contributed by atoms with Crippen molar-refractivity contribution in [2.24, 2.45) is 0 Å². The van der Waals surface area contributed by atoms with Gasteiger partial charge in [-0.05, 0) is 0 Å². The average Bonchev–Trinajstić information content (AvgIpc) is 2.28. The standard InChI is InChI=1S/C10H13Cl2N3S/c1-7-5-15(2-3-16-7)10-8(4-11)9(12)13-6-14-10/h6-7H,2-5H2,1H3. The Bertz CT molecular complexity index is 375. The van der Waals surface area contributed by atoms with E-state index in [9.17, 15) is 0 Å². The molecule has 1 atom stereocenters. The summed E-state index contributed by atoms with van der Waals surface area (Å²) in [6.45, 7) is 4.20. The fourth-order valence-electron chi connectivity index (χ4n) is 1.78. The van der Waals surface area contributed by atoms with E-state index in [-0.39, 0.29) is 0 Å². The van der Waals surface area contributed by atoms with Gasteiger partial charge >= 0.3 is 0 Å². The Hall–Kier alpha value is -0.190. The van der Waals surface area contributed by atoms with Gasteiger partial charge in [-0.25, -0.2) is 9.97 Å². The van der Waals surface area contributed by atoms with Gasteiger partial charge < -0.3 is 4.90 Å². The summed E-state index contributed by atoms with van der Waals surface area (Å²) in [7, 11) is 0. The van der Waals surface area contributed by atoms with Crippen LogP contribution in [0.5, 0.6) is 0 Å². The summed E-state index contributed by atoms with van der Waals surface area (Å²) in [5.41, 5.74) is 0.838. The summed E-state index contributed by atoms with van der Waals surface area (Å²) in [5, 5.41) is 1.08. The summed E-state index contributed by atoms with van der Waals surface area (Å²) < 4.78 is 0. The molecule has 1 aliphatic rings. The number of nitrogens with zero attached hydrogens (tertiary/aromatic N) is 3. The van der Waals surface area contributed by atoms with Crippen molar-refractivity contribution in [3.63, 3.8) is 0 Å². The van der Waals surface area contributed by atoms with Crippen molar-refractivity contribution in [1.29, 1.82) is 0 Å². The van der Waals surface area contributed by atoms with E-state index in [2.05, 4.69) is 21.8 Å². The van der Waals surface area contributed by atoms with Crippen LogP contribution in [0.2, 0.25) is 5.15 Å². The van der Waals surface area contributed by atoms with E-state index in [1.165, 1.54) is 6.33 Å². The van der Waals surface area contributed by atoms with Crippen LogP contribution in [0.3, 0.4) is 0 Å². The molecule has 2 rings (SSSR count). The minimum absolute atomic E-state index is 0.354. The highest BCUT2D eigenvalue weighted by Gasteiger charge is 2.21. The van der Waals surface area contributed by atoms with Crippen LogP contribution in [-0.4, -0.2) is 34.1 Å². The first-order valence-corrected chi connectivity index (χ1v) is 7.10. The molecule has 1 unspecified atom stereocenters. The topological polar surface area (TPSA) is 29.0 Å². The van der Waals surface area contributed by atoms with Crippen molar-refractivity contribution in [2.45, 2.75) is 18.1 Å². The lowest BCUT2D eigenvalue weighted by Crippen LogP contribution is -2.37. The van der Waals surface area contributed by atoms with Gasteiger partial charge in [-0.1, -0.05) is 18.5 Å². The van der Waals surface area contributed by atoms with Gasteiger partial charge in [-0.3, -0.25) is 0 Å². The van der Waals surface area contributed by atoms with Crippen LogP contribution >= 0.6 is 35.0 Å². The minimum atomic E-state index is 0.354. The van der Waals surface area contributed by atoms with Gasteiger partial charge in [0.25, 0.3) is 0 Å². The smallest absolute Gasteiger partial charge is 0.138 e. The maximum atomic E-state index is 6.02. The Morgan fingerprint density at radius 2 is 2.38 bits per heavy atom. The lowest BCUT2D eigenvalue weighted by molar-refractivity contribution is 0.763. The number of halogens is 2. The summed E-state index contributed by atoms with van der Waals surface area (Å²) in [6.07, 6.45) is 1.50. The van der Waals surface area contributed by atoms with Gasteiger partial charge in [0.2, 0.25) is 0 Å². The molecule has 0 N–H and O–H groups in total. The zero-order chi connectivity index (χ0) is 11.5. The molecule has 0 aromatic carbocycles. The van der Waals surface area contributed by atoms with E-state index < -0.39 is 0 Å². The molecule has 3 nitrogen and oxygen atoms in total. The maximum Gasteiger partial charge on any atom is 0.138 e. The first-order valence-electron chi connectivity index (χ1n) is 5.14. The second kappa shape index (κ2) is 5.43. The molecule has 0 radical (unpaired) electrons. The molecule has 2 heterocycles. The largest absolute Gasteiger partial charge is 0.354 e. The van der Waals surface area contributed by atoms with Gasteiger partial charge in [-0.2, -0.15) is 11.8 Å². The zero-order valence-electron chi connectivity index (χ0n) is 8.99. The van der Waals surface area contributed by atoms with E-state index >= 15 is 0 Å². The Morgan fingerprint density at radius 1 is 1.56 bits per heavy atom. The Morgan fingerprint density at radius 3 is 3.06 bits per heavy atom. The molecule has 1 fully saturated rings. The second-order valence-corrected chi connectivity index (χ2v) is 5.90. The number of hydrogen-bond donors (Lipinski definition) is 0. The van der Waals surface area contributed by atoms with Crippen LogP contribution in [0.25, 0.3) is 0 Å². The van der Waals surface area contributed by atoms with Crippen molar-refractivity contribution in [1.82, 2.24) is 9.97 Å². The molecule has 6 heteroatoms. The third-order valence-corrected chi connectivity index (χ3v) is 4.27. The molecular formula is C10H13Cl2N3S. The molecule has 0 aliphatic carbocycles. The van der Waals surface area contributed by atoms with E-state index in [0.29, 0.717) is 16.3 Å². The highest BCUT2D eigenvalue weighted by Crippen LogP contribution is 2.28. The molecule has 0 saturated carbocycles. The zero-order valence-corrected chi connectivity index (χ0v) is 11.3. The van der Waals surface area contributed by atoms with E-state index in [0.717, 1.165) is 30.2 Å². The first-order chi connectivity index (χ1) is 7.72. The van der Waals surface area contributed by atoms with Crippen LogP contribution in [0.4, 0.5) is 5.82 Å². The van der Waals surface area contributed by atoms with E-state index in [4.69, 9.17) is 23.2 Å². The van der Waals surface area contributed by atoms with Gasteiger partial charge in [-0.15, -0.1) is 11.6 Å². The van der Waals surface area contributed by atoms with Gasteiger partial charge in [0.15, 0.2) is 0 Å². The highest BCUT2D eigenvalue weighted by atomic mass is 35.5. The molecule has 1 saturated heterocycles. The molecule has 1 aromatic rings. The summed E-state index contributed by atoms with van der Waals surface area (Å²) >= 11 is 13.9. The number of aromatic nitrogens is 2. The van der Waals surface area contributed by atoms with Crippen molar-refractivity contribution in [2.75, 3.05) is 23.7 Å². The fraction of sp³-hybridized carbons (Fsp3) is 0.600. The predicted octanol–water partition coefficient (Wildman–Crippen LogP) is 2.81. The quantitative estimate of drug-likeness (QED) is 0.614. The molecule has 0 spiro atoms. The summed E-state index contributed by atoms with van der Waals surface area (Å²) in [6, 6.07) is 0. The van der Waals surface area contributed by atoms with Gasteiger partial charge in [0, 0.05) is 29.7 Å².